The van der Waals surface area contributed by atoms with Gasteiger partial charge in [0, 0.05) is 29.2 Å². The minimum Gasteiger partial charge on any atom is -0.396 e. The molecule has 0 spiro atoms. The second kappa shape index (κ2) is 6.10. The SMILES string of the molecule is C[C@@]1(CCCO)CCCN1c1ccc(Br)cc1[N+](=O)[O-]. The van der Waals surface area contributed by atoms with Crippen molar-refractivity contribution in [2.45, 2.75) is 38.1 Å². The van der Waals surface area contributed by atoms with E-state index in [-0.39, 0.29) is 22.8 Å². The van der Waals surface area contributed by atoms with Gasteiger partial charge in [0.2, 0.25) is 0 Å². The van der Waals surface area contributed by atoms with Gasteiger partial charge in [0.25, 0.3) is 5.69 Å². The summed E-state index contributed by atoms with van der Waals surface area (Å²) in [5.41, 5.74) is 0.703. The molecule has 0 bridgehead atoms. The van der Waals surface area contributed by atoms with E-state index in [2.05, 4.69) is 27.8 Å². The first-order chi connectivity index (χ1) is 9.48. The highest BCUT2D eigenvalue weighted by Crippen LogP contribution is 2.41. The van der Waals surface area contributed by atoms with Crippen LogP contribution in [0.15, 0.2) is 22.7 Å². The number of benzene rings is 1. The molecule has 1 atom stereocenters. The van der Waals surface area contributed by atoms with Gasteiger partial charge in [-0.05, 0) is 44.7 Å². The predicted molar refractivity (Wildman–Crippen MR) is 82.1 cm³/mol. The van der Waals surface area contributed by atoms with Gasteiger partial charge in [0.15, 0.2) is 0 Å². The van der Waals surface area contributed by atoms with Crippen molar-refractivity contribution in [1.29, 1.82) is 0 Å². The number of nitrogens with zero attached hydrogens (tertiary/aromatic N) is 2. The second-order valence-corrected chi connectivity index (χ2v) is 6.39. The topological polar surface area (TPSA) is 66.6 Å². The first-order valence-corrected chi connectivity index (χ1v) is 7.60. The molecular formula is C14H19BrN2O3. The fourth-order valence-corrected chi connectivity index (χ4v) is 3.37. The first kappa shape index (κ1) is 15.3. The van der Waals surface area contributed by atoms with Crippen LogP contribution in [0.4, 0.5) is 11.4 Å². The number of halogens is 1. The van der Waals surface area contributed by atoms with Gasteiger partial charge in [-0.3, -0.25) is 10.1 Å². The molecule has 0 saturated carbocycles. The summed E-state index contributed by atoms with van der Waals surface area (Å²) < 4.78 is 0.712. The van der Waals surface area contributed by atoms with Gasteiger partial charge in [-0.25, -0.2) is 0 Å². The molecule has 1 aromatic carbocycles. The number of hydrogen-bond donors (Lipinski definition) is 1. The Hall–Kier alpha value is -1.14. The first-order valence-electron chi connectivity index (χ1n) is 6.80. The summed E-state index contributed by atoms with van der Waals surface area (Å²) in [4.78, 5) is 13.1. The number of aliphatic hydroxyl groups excluding tert-OH is 1. The van der Waals surface area contributed by atoms with Crippen LogP contribution < -0.4 is 4.90 Å². The van der Waals surface area contributed by atoms with Crippen molar-refractivity contribution in [3.05, 3.63) is 32.8 Å². The van der Waals surface area contributed by atoms with Crippen molar-refractivity contribution < 1.29 is 10.0 Å². The van der Waals surface area contributed by atoms with Crippen molar-refractivity contribution in [2.24, 2.45) is 0 Å². The normalized spacial score (nSPS) is 22.2. The van der Waals surface area contributed by atoms with E-state index in [0.29, 0.717) is 10.2 Å². The third-order valence-electron chi connectivity index (χ3n) is 4.05. The minimum atomic E-state index is -0.328. The van der Waals surface area contributed by atoms with Gasteiger partial charge in [0.1, 0.15) is 5.69 Å². The molecule has 20 heavy (non-hydrogen) atoms. The summed E-state index contributed by atoms with van der Waals surface area (Å²) in [6.07, 6.45) is 3.59. The molecule has 1 fully saturated rings. The maximum atomic E-state index is 11.3. The average molecular weight is 343 g/mol. The Bertz CT molecular complexity index is 509. The van der Waals surface area contributed by atoms with Gasteiger partial charge in [-0.2, -0.15) is 0 Å². The average Bonchev–Trinajstić information content (AvgIpc) is 2.79. The number of rotatable bonds is 5. The number of aliphatic hydroxyl groups is 1. The lowest BCUT2D eigenvalue weighted by molar-refractivity contribution is -0.384. The summed E-state index contributed by atoms with van der Waals surface area (Å²) >= 11 is 3.29. The molecular weight excluding hydrogens is 324 g/mol. The summed E-state index contributed by atoms with van der Waals surface area (Å²) in [6, 6.07) is 5.21. The highest BCUT2D eigenvalue weighted by molar-refractivity contribution is 9.10. The molecule has 6 heteroatoms. The molecule has 1 aliphatic heterocycles. The van der Waals surface area contributed by atoms with Gasteiger partial charge in [-0.1, -0.05) is 15.9 Å². The van der Waals surface area contributed by atoms with Crippen LogP contribution in [0.5, 0.6) is 0 Å². The van der Waals surface area contributed by atoms with E-state index in [0.717, 1.165) is 32.2 Å². The van der Waals surface area contributed by atoms with Crippen LogP contribution in [0, 0.1) is 10.1 Å². The van der Waals surface area contributed by atoms with E-state index < -0.39 is 0 Å². The molecule has 2 rings (SSSR count). The lowest BCUT2D eigenvalue weighted by atomic mass is 9.92. The van der Waals surface area contributed by atoms with E-state index in [9.17, 15) is 10.1 Å². The number of nitro benzene ring substituents is 1. The molecule has 5 nitrogen and oxygen atoms in total. The Morgan fingerprint density at radius 1 is 1.55 bits per heavy atom. The van der Waals surface area contributed by atoms with E-state index in [1.54, 1.807) is 6.07 Å². The van der Waals surface area contributed by atoms with Crippen molar-refractivity contribution in [3.8, 4) is 0 Å². The smallest absolute Gasteiger partial charge is 0.293 e. The third kappa shape index (κ3) is 2.96. The maximum Gasteiger partial charge on any atom is 0.293 e. The molecule has 0 radical (unpaired) electrons. The summed E-state index contributed by atoms with van der Waals surface area (Å²) in [6.45, 7) is 3.11. The third-order valence-corrected chi connectivity index (χ3v) is 4.54. The Morgan fingerprint density at radius 3 is 2.95 bits per heavy atom. The zero-order valence-corrected chi connectivity index (χ0v) is 13.1. The Labute approximate surface area is 126 Å². The van der Waals surface area contributed by atoms with Crippen LogP contribution >= 0.6 is 15.9 Å². The van der Waals surface area contributed by atoms with E-state index in [1.165, 1.54) is 0 Å². The molecule has 0 aliphatic carbocycles. The zero-order valence-electron chi connectivity index (χ0n) is 11.5. The summed E-state index contributed by atoms with van der Waals surface area (Å²) in [5, 5.41) is 20.3. The van der Waals surface area contributed by atoms with Crippen molar-refractivity contribution in [3.63, 3.8) is 0 Å². The van der Waals surface area contributed by atoms with Gasteiger partial charge < -0.3 is 10.0 Å². The van der Waals surface area contributed by atoms with Gasteiger partial charge in [0.05, 0.1) is 4.92 Å². The standard InChI is InChI=1S/C14H19BrN2O3/c1-14(7-3-9-18)6-2-8-16(14)12-5-4-11(15)10-13(12)17(19)20/h4-5,10,18H,2-3,6-9H2,1H3/t14-/m0/s1. The molecule has 1 aliphatic rings. The Morgan fingerprint density at radius 2 is 2.30 bits per heavy atom. The van der Waals surface area contributed by atoms with Crippen LogP contribution in [0.25, 0.3) is 0 Å². The van der Waals surface area contributed by atoms with Gasteiger partial charge >= 0.3 is 0 Å². The van der Waals surface area contributed by atoms with Crippen LogP contribution in [0.1, 0.15) is 32.6 Å². The molecule has 1 heterocycles. The van der Waals surface area contributed by atoms with Crippen molar-refractivity contribution >= 4 is 27.3 Å². The largest absolute Gasteiger partial charge is 0.396 e. The molecule has 1 N–H and O–H groups in total. The number of nitro groups is 1. The van der Waals surface area contributed by atoms with Crippen LogP contribution in [-0.2, 0) is 0 Å². The molecule has 0 amide bonds. The monoisotopic (exact) mass is 342 g/mol. The quantitative estimate of drug-likeness (QED) is 0.656. The van der Waals surface area contributed by atoms with E-state index >= 15 is 0 Å². The van der Waals surface area contributed by atoms with Crippen LogP contribution in [0.2, 0.25) is 0 Å². The molecule has 1 aromatic rings. The van der Waals surface area contributed by atoms with Crippen LogP contribution in [0.3, 0.4) is 0 Å². The Kier molecular flexibility index (Phi) is 4.65. The number of anilines is 1. The zero-order chi connectivity index (χ0) is 14.8. The lowest BCUT2D eigenvalue weighted by Crippen LogP contribution is -2.41. The number of hydrogen-bond acceptors (Lipinski definition) is 4. The van der Waals surface area contributed by atoms with E-state index in [1.807, 2.05) is 12.1 Å². The predicted octanol–water partition coefficient (Wildman–Crippen LogP) is 3.49. The molecule has 0 aromatic heterocycles. The van der Waals surface area contributed by atoms with Gasteiger partial charge in [-0.15, -0.1) is 0 Å². The minimum absolute atomic E-state index is 0.110. The van der Waals surface area contributed by atoms with Crippen molar-refractivity contribution in [1.82, 2.24) is 0 Å². The molecule has 110 valence electrons. The van der Waals surface area contributed by atoms with Crippen molar-refractivity contribution in [2.75, 3.05) is 18.1 Å². The Balaban J connectivity index is 2.37. The molecule has 0 unspecified atom stereocenters. The summed E-state index contributed by atoms with van der Waals surface area (Å²) in [7, 11) is 0. The fraction of sp³-hybridized carbons (Fsp3) is 0.571. The maximum absolute atomic E-state index is 11.3. The van der Waals surface area contributed by atoms with Crippen LogP contribution in [-0.4, -0.2) is 28.7 Å². The second-order valence-electron chi connectivity index (χ2n) is 5.47. The highest BCUT2D eigenvalue weighted by atomic mass is 79.9. The summed E-state index contributed by atoms with van der Waals surface area (Å²) in [5.74, 6) is 0. The highest BCUT2D eigenvalue weighted by Gasteiger charge is 2.38. The van der Waals surface area contributed by atoms with E-state index in [4.69, 9.17) is 5.11 Å². The fourth-order valence-electron chi connectivity index (χ4n) is 3.03. The lowest BCUT2D eigenvalue weighted by Gasteiger charge is -2.37. The molecule has 1 saturated heterocycles.